The zero-order chi connectivity index (χ0) is 8.48. The topological polar surface area (TPSA) is 17.1 Å². The molecule has 1 heteroatoms. The lowest BCUT2D eigenvalue weighted by atomic mass is 10.1. The van der Waals surface area contributed by atoms with Crippen molar-refractivity contribution in [2.75, 3.05) is 0 Å². The Morgan fingerprint density at radius 2 is 2.62 bits per heavy atom. The Kier molecular flexibility index (Phi) is 0.639. The molecule has 42 valence electrons. The average Bonchev–Trinajstić information content (AvgIpc) is 1.86. The predicted octanol–water partition coefficient (Wildman–Crippen LogP) is 1.46. The molecule has 0 aliphatic heterocycles. The number of carbonyl (C=O) groups excluding carboxylic acids is 1. The summed E-state index contributed by atoms with van der Waals surface area (Å²) in [6.45, 7) is -2.07. The zero-order valence-electron chi connectivity index (χ0n) is 7.35. The van der Waals surface area contributed by atoms with Crippen molar-refractivity contribution in [2.24, 2.45) is 0 Å². The van der Waals surface area contributed by atoms with Crippen molar-refractivity contribution in [3.63, 3.8) is 0 Å². The van der Waals surface area contributed by atoms with Crippen LogP contribution in [0.4, 0.5) is 0 Å². The summed E-state index contributed by atoms with van der Waals surface area (Å²) < 4.78 is 21.0. The molecule has 0 saturated heterocycles. The molecule has 0 atom stereocenters. The molecule has 0 aromatic heterocycles. The lowest BCUT2D eigenvalue weighted by Gasteiger charge is -1.96. The van der Waals surface area contributed by atoms with Gasteiger partial charge in [-0.25, -0.2) is 0 Å². The second kappa shape index (κ2) is 1.95. The summed E-state index contributed by atoms with van der Waals surface area (Å²) in [5.41, 5.74) is 0.261. The van der Waals surface area contributed by atoms with Gasteiger partial charge in [-0.05, 0) is 12.9 Å². The van der Waals surface area contributed by atoms with Gasteiger partial charge in [0, 0.05) is 10.5 Å². The Morgan fingerprint density at radius 1 is 1.75 bits per heavy atom. The number of hydrogen-bond donors (Lipinski definition) is 0. The number of ketones is 1. The molecule has 0 amide bonds. The molecule has 0 unspecified atom stereocenters. The highest BCUT2D eigenvalue weighted by Gasteiger charge is 1.97. The third kappa shape index (κ3) is 1.06. The van der Waals surface area contributed by atoms with Crippen LogP contribution >= 0.6 is 0 Å². The number of carbonyl (C=O) groups is 1. The van der Waals surface area contributed by atoms with Crippen LogP contribution in [0, 0.1) is 0 Å². The predicted molar refractivity (Wildman–Crippen MR) is 32.5 cm³/mol. The van der Waals surface area contributed by atoms with Crippen LogP contribution in [0.2, 0.25) is 0 Å². The zero-order valence-corrected chi connectivity index (χ0v) is 4.35. The summed E-state index contributed by atoms with van der Waals surface area (Å²) in [5.74, 6) is -0.0435. The highest BCUT2D eigenvalue weighted by Crippen LogP contribution is 2.04. The van der Waals surface area contributed by atoms with Crippen LogP contribution in [-0.4, -0.2) is 5.78 Å². The molecule has 8 heavy (non-hydrogen) atoms. The summed E-state index contributed by atoms with van der Waals surface area (Å²) in [7, 11) is 0. The van der Waals surface area contributed by atoms with E-state index in [1.54, 1.807) is 0 Å². The van der Waals surface area contributed by atoms with Gasteiger partial charge in [0.25, 0.3) is 0 Å². The van der Waals surface area contributed by atoms with E-state index in [1.165, 1.54) is 18.2 Å². The Labute approximate surface area is 52.9 Å². The van der Waals surface area contributed by atoms with E-state index in [0.717, 1.165) is 0 Å². The fraction of sp³-hybridized carbons (Fsp3) is 0.286. The maximum atomic E-state index is 10.6. The molecule has 0 bridgehead atoms. The van der Waals surface area contributed by atoms with Crippen molar-refractivity contribution in [1.29, 1.82) is 0 Å². The number of rotatable bonds is 0. The van der Waals surface area contributed by atoms with Gasteiger partial charge in [0.15, 0.2) is 5.78 Å². The van der Waals surface area contributed by atoms with Gasteiger partial charge in [-0.15, -0.1) is 0 Å². The average molecular weight is 111 g/mol. The molecule has 1 aliphatic carbocycles. The van der Waals surface area contributed by atoms with E-state index in [9.17, 15) is 4.79 Å². The van der Waals surface area contributed by atoms with Crippen LogP contribution in [0.5, 0.6) is 0 Å². The third-order valence-electron chi connectivity index (χ3n) is 0.972. The molecule has 0 aromatic carbocycles. The first-order valence-electron chi connectivity index (χ1n) is 3.92. The fourth-order valence-electron chi connectivity index (χ4n) is 0.529. The van der Waals surface area contributed by atoms with Gasteiger partial charge in [-0.2, -0.15) is 0 Å². The lowest BCUT2D eigenvalue weighted by molar-refractivity contribution is -0.113. The molecular formula is C7H8O. The van der Waals surface area contributed by atoms with E-state index in [1.807, 2.05) is 0 Å². The first-order chi connectivity index (χ1) is 5.00. The van der Waals surface area contributed by atoms with Crippen LogP contribution in [0.15, 0.2) is 23.8 Å². The molecule has 1 aliphatic rings. The van der Waals surface area contributed by atoms with Gasteiger partial charge in [-0.3, -0.25) is 4.79 Å². The smallest absolute Gasteiger partial charge is 0.159 e. The van der Waals surface area contributed by atoms with E-state index in [4.69, 9.17) is 4.11 Å². The third-order valence-corrected chi connectivity index (χ3v) is 0.972. The van der Waals surface area contributed by atoms with Gasteiger partial charge in [0.1, 0.15) is 0 Å². The van der Waals surface area contributed by atoms with E-state index in [2.05, 4.69) is 0 Å². The first-order valence-corrected chi connectivity index (χ1v) is 2.42. The number of hydrogen-bond acceptors (Lipinski definition) is 1. The molecule has 0 saturated carbocycles. The molecule has 0 N–H and O–H groups in total. The molecule has 0 heterocycles. The Hall–Kier alpha value is -0.850. The van der Waals surface area contributed by atoms with Crippen LogP contribution in [0.3, 0.4) is 0 Å². The van der Waals surface area contributed by atoms with E-state index < -0.39 is 6.85 Å². The fourth-order valence-corrected chi connectivity index (χ4v) is 0.529. The normalized spacial score (nSPS) is 25.8. The summed E-state index contributed by atoms with van der Waals surface area (Å²) >= 11 is 0. The maximum Gasteiger partial charge on any atom is 0.159 e. The maximum absolute atomic E-state index is 10.6. The van der Waals surface area contributed by atoms with Crippen LogP contribution in [0.25, 0.3) is 0 Å². The van der Waals surface area contributed by atoms with Gasteiger partial charge in [-0.1, -0.05) is 17.7 Å². The minimum Gasteiger partial charge on any atom is -0.295 e. The standard InChI is InChI=1S/C7H8O/c1-6-2-4-7(8)5-3-6/h2-4H,5H2,1H3/i1D3. The second-order valence-electron chi connectivity index (χ2n) is 1.66. The van der Waals surface area contributed by atoms with Crippen molar-refractivity contribution in [3.8, 4) is 0 Å². The Balaban J connectivity index is 2.79. The van der Waals surface area contributed by atoms with E-state index in [0.29, 0.717) is 0 Å². The summed E-state index contributed by atoms with van der Waals surface area (Å²) in [6, 6.07) is 0. The largest absolute Gasteiger partial charge is 0.295 e. The summed E-state index contributed by atoms with van der Waals surface area (Å²) in [5, 5.41) is 0. The molecule has 0 aromatic rings. The molecule has 0 spiro atoms. The molecular weight excluding hydrogens is 100 g/mol. The van der Waals surface area contributed by atoms with Gasteiger partial charge in [0.2, 0.25) is 0 Å². The SMILES string of the molecule is [2H]C([2H])([2H])C1=CCC(=O)C=C1. The van der Waals surface area contributed by atoms with Crippen molar-refractivity contribution in [3.05, 3.63) is 23.8 Å². The van der Waals surface area contributed by atoms with Crippen molar-refractivity contribution in [1.82, 2.24) is 0 Å². The van der Waals surface area contributed by atoms with Crippen LogP contribution in [-0.2, 0) is 4.79 Å². The lowest BCUT2D eigenvalue weighted by Crippen LogP contribution is -1.93. The van der Waals surface area contributed by atoms with Crippen molar-refractivity contribution < 1.29 is 8.91 Å². The van der Waals surface area contributed by atoms with Crippen LogP contribution < -0.4 is 0 Å². The second-order valence-corrected chi connectivity index (χ2v) is 1.66. The molecule has 0 radical (unpaired) electrons. The minimum absolute atomic E-state index is 0.0435. The number of allylic oxidation sites excluding steroid dienone is 4. The monoisotopic (exact) mass is 111 g/mol. The highest BCUT2D eigenvalue weighted by molar-refractivity contribution is 5.92. The summed E-state index contributed by atoms with van der Waals surface area (Å²) in [4.78, 5) is 10.6. The highest BCUT2D eigenvalue weighted by atomic mass is 16.1. The molecule has 1 nitrogen and oxygen atoms in total. The quantitative estimate of drug-likeness (QED) is 0.462. The van der Waals surface area contributed by atoms with E-state index in [-0.39, 0.29) is 17.8 Å². The van der Waals surface area contributed by atoms with Crippen molar-refractivity contribution >= 4 is 5.78 Å². The van der Waals surface area contributed by atoms with Gasteiger partial charge >= 0.3 is 0 Å². The Bertz CT molecular complexity index is 235. The first kappa shape index (κ1) is 2.62. The van der Waals surface area contributed by atoms with Gasteiger partial charge in [0.05, 0.1) is 0 Å². The van der Waals surface area contributed by atoms with Gasteiger partial charge < -0.3 is 0 Å². The van der Waals surface area contributed by atoms with E-state index >= 15 is 0 Å². The van der Waals surface area contributed by atoms with Crippen LogP contribution in [0.1, 0.15) is 17.4 Å². The summed E-state index contributed by atoms with van der Waals surface area (Å²) in [6.07, 6.45) is 4.33. The Morgan fingerprint density at radius 3 is 3.12 bits per heavy atom. The molecule has 0 fully saturated rings. The molecule has 1 rings (SSSR count). The minimum atomic E-state index is -2.07. The van der Waals surface area contributed by atoms with Crippen molar-refractivity contribution in [2.45, 2.75) is 13.3 Å².